The summed E-state index contributed by atoms with van der Waals surface area (Å²) < 4.78 is 16.6. The zero-order valence-electron chi connectivity index (χ0n) is 14.9. The molecule has 2 atom stereocenters. The third-order valence-electron chi connectivity index (χ3n) is 5.01. The lowest BCUT2D eigenvalue weighted by molar-refractivity contribution is -0.0870. The molecule has 0 bridgehead atoms. The van der Waals surface area contributed by atoms with Crippen molar-refractivity contribution in [3.63, 3.8) is 0 Å². The number of hydrogen-bond acceptors (Lipinski definition) is 5. The van der Waals surface area contributed by atoms with Gasteiger partial charge in [0.1, 0.15) is 0 Å². The molecule has 24 heavy (non-hydrogen) atoms. The number of likely N-dealkylation sites (N-methyl/N-ethyl adjacent to an activating group) is 1. The molecule has 0 aromatic heterocycles. The van der Waals surface area contributed by atoms with Gasteiger partial charge in [-0.1, -0.05) is 0 Å². The van der Waals surface area contributed by atoms with Crippen LogP contribution in [-0.4, -0.2) is 75.4 Å². The van der Waals surface area contributed by atoms with Crippen LogP contribution in [-0.2, 0) is 4.74 Å². The van der Waals surface area contributed by atoms with Crippen molar-refractivity contribution in [2.75, 3.05) is 47.5 Å². The van der Waals surface area contributed by atoms with Gasteiger partial charge in [0.05, 0.1) is 33.0 Å². The third-order valence-corrected chi connectivity index (χ3v) is 5.01. The van der Waals surface area contributed by atoms with E-state index in [0.29, 0.717) is 30.2 Å². The van der Waals surface area contributed by atoms with E-state index in [0.717, 1.165) is 25.1 Å². The quantitative estimate of drug-likeness (QED) is 0.840. The fourth-order valence-corrected chi connectivity index (χ4v) is 3.65. The highest BCUT2D eigenvalue weighted by atomic mass is 16.5. The number of fused-ring (bicyclic) bond motifs is 1. The molecule has 1 aromatic rings. The number of ether oxygens (including phenoxy) is 3. The van der Waals surface area contributed by atoms with Crippen LogP contribution in [0.5, 0.6) is 11.5 Å². The molecule has 1 amide bonds. The van der Waals surface area contributed by atoms with E-state index in [1.165, 1.54) is 0 Å². The molecule has 6 nitrogen and oxygen atoms in total. The van der Waals surface area contributed by atoms with Crippen molar-refractivity contribution in [3.05, 3.63) is 23.3 Å². The molecular formula is C18H26N2O4. The van der Waals surface area contributed by atoms with Crippen molar-refractivity contribution in [3.8, 4) is 11.5 Å². The first-order valence-corrected chi connectivity index (χ1v) is 8.39. The molecule has 0 spiro atoms. The zero-order valence-corrected chi connectivity index (χ0v) is 14.9. The van der Waals surface area contributed by atoms with Crippen molar-refractivity contribution in [1.82, 2.24) is 9.80 Å². The van der Waals surface area contributed by atoms with Crippen molar-refractivity contribution < 1.29 is 19.0 Å². The van der Waals surface area contributed by atoms with Gasteiger partial charge in [0.2, 0.25) is 0 Å². The second-order valence-corrected chi connectivity index (χ2v) is 6.55. The number of likely N-dealkylation sites (tertiary alicyclic amines) is 1. The van der Waals surface area contributed by atoms with E-state index in [1.807, 2.05) is 17.9 Å². The molecule has 0 saturated carbocycles. The summed E-state index contributed by atoms with van der Waals surface area (Å²) in [6.07, 6.45) is 1.11. The van der Waals surface area contributed by atoms with Gasteiger partial charge in [-0.3, -0.25) is 4.79 Å². The first-order chi connectivity index (χ1) is 11.5. The Morgan fingerprint density at radius 3 is 2.62 bits per heavy atom. The predicted molar refractivity (Wildman–Crippen MR) is 91.0 cm³/mol. The van der Waals surface area contributed by atoms with E-state index in [9.17, 15) is 4.79 Å². The van der Waals surface area contributed by atoms with Gasteiger partial charge in [-0.2, -0.15) is 0 Å². The molecule has 1 aromatic carbocycles. The molecule has 0 aliphatic carbocycles. The molecular weight excluding hydrogens is 308 g/mol. The number of nitrogens with zero attached hydrogens (tertiary/aromatic N) is 2. The molecule has 2 aliphatic rings. The zero-order chi connectivity index (χ0) is 17.3. The smallest absolute Gasteiger partial charge is 0.254 e. The fourth-order valence-electron chi connectivity index (χ4n) is 3.65. The average Bonchev–Trinajstić information content (AvgIpc) is 2.60. The summed E-state index contributed by atoms with van der Waals surface area (Å²) in [6, 6.07) is 3.75. The van der Waals surface area contributed by atoms with Crippen LogP contribution >= 0.6 is 0 Å². The third kappa shape index (κ3) is 3.08. The van der Waals surface area contributed by atoms with Gasteiger partial charge < -0.3 is 24.0 Å². The standard InChI is InChI=1S/C18H26N2O4/c1-12-9-16(22-3)17(23-4)10-13(12)18(21)20-7-8-24-15-5-6-19(2)11-14(15)20/h9-10,14-15H,5-8,11H2,1-4H3/t14-,15+/m0/s1. The Morgan fingerprint density at radius 1 is 1.21 bits per heavy atom. The maximum atomic E-state index is 13.2. The predicted octanol–water partition coefficient (Wildman–Crippen LogP) is 1.56. The highest BCUT2D eigenvalue weighted by molar-refractivity contribution is 5.96. The highest BCUT2D eigenvalue weighted by Crippen LogP contribution is 2.32. The summed E-state index contributed by atoms with van der Waals surface area (Å²) in [5.41, 5.74) is 1.56. The van der Waals surface area contributed by atoms with Gasteiger partial charge in [-0.15, -0.1) is 0 Å². The van der Waals surface area contributed by atoms with Gasteiger partial charge in [-0.05, 0) is 38.1 Å². The number of rotatable bonds is 3. The minimum atomic E-state index is 0.0436. The van der Waals surface area contributed by atoms with Gasteiger partial charge in [0.25, 0.3) is 5.91 Å². The van der Waals surface area contributed by atoms with Crippen molar-refractivity contribution in [1.29, 1.82) is 0 Å². The molecule has 2 saturated heterocycles. The highest BCUT2D eigenvalue weighted by Gasteiger charge is 2.39. The Hall–Kier alpha value is -1.79. The number of methoxy groups -OCH3 is 2. The molecule has 2 heterocycles. The lowest BCUT2D eigenvalue weighted by Gasteiger charge is -2.46. The number of piperidine rings is 1. The van der Waals surface area contributed by atoms with Crippen molar-refractivity contribution in [2.24, 2.45) is 0 Å². The number of morpholine rings is 1. The summed E-state index contributed by atoms with van der Waals surface area (Å²) in [5.74, 6) is 1.27. The minimum Gasteiger partial charge on any atom is -0.493 e. The van der Waals surface area contributed by atoms with Crippen LogP contribution in [0.15, 0.2) is 12.1 Å². The van der Waals surface area contributed by atoms with E-state index in [1.54, 1.807) is 20.3 Å². The number of amides is 1. The lowest BCUT2D eigenvalue weighted by Crippen LogP contribution is -2.60. The van der Waals surface area contributed by atoms with Crippen LogP contribution in [0.3, 0.4) is 0 Å². The summed E-state index contributed by atoms with van der Waals surface area (Å²) in [7, 11) is 5.28. The first-order valence-electron chi connectivity index (χ1n) is 8.39. The van der Waals surface area contributed by atoms with Crippen molar-refractivity contribution in [2.45, 2.75) is 25.5 Å². The Balaban J connectivity index is 1.90. The molecule has 6 heteroatoms. The number of carbonyl (C=O) groups excluding carboxylic acids is 1. The second kappa shape index (κ2) is 6.99. The van der Waals surface area contributed by atoms with Crippen LogP contribution in [0, 0.1) is 6.92 Å². The summed E-state index contributed by atoms with van der Waals surface area (Å²) in [5, 5.41) is 0. The molecule has 0 N–H and O–H groups in total. The fraction of sp³-hybridized carbons (Fsp3) is 0.611. The second-order valence-electron chi connectivity index (χ2n) is 6.55. The maximum Gasteiger partial charge on any atom is 0.254 e. The van der Waals surface area contributed by atoms with E-state index >= 15 is 0 Å². The topological polar surface area (TPSA) is 51.2 Å². The summed E-state index contributed by atoms with van der Waals surface area (Å²) >= 11 is 0. The van der Waals surface area contributed by atoms with E-state index in [-0.39, 0.29) is 18.1 Å². The Bertz CT molecular complexity index is 619. The van der Waals surface area contributed by atoms with E-state index in [4.69, 9.17) is 14.2 Å². The van der Waals surface area contributed by atoms with Crippen LogP contribution < -0.4 is 9.47 Å². The number of hydrogen-bond donors (Lipinski definition) is 0. The van der Waals surface area contributed by atoms with Crippen LogP contribution in [0.1, 0.15) is 22.3 Å². The average molecular weight is 334 g/mol. The van der Waals surface area contributed by atoms with Crippen LogP contribution in [0.4, 0.5) is 0 Å². The number of aryl methyl sites for hydroxylation is 1. The molecule has 132 valence electrons. The van der Waals surface area contributed by atoms with Gasteiger partial charge in [-0.25, -0.2) is 0 Å². The lowest BCUT2D eigenvalue weighted by atomic mass is 9.97. The molecule has 2 aliphatic heterocycles. The van der Waals surface area contributed by atoms with Gasteiger partial charge >= 0.3 is 0 Å². The van der Waals surface area contributed by atoms with E-state index < -0.39 is 0 Å². The monoisotopic (exact) mass is 334 g/mol. The largest absolute Gasteiger partial charge is 0.493 e. The number of carbonyl (C=O) groups is 1. The Kier molecular flexibility index (Phi) is 4.96. The SMILES string of the molecule is COc1cc(C)c(C(=O)N2CCO[C@@H]3CCN(C)C[C@@H]32)cc1OC. The minimum absolute atomic E-state index is 0.0436. The first kappa shape index (κ1) is 17.0. The molecule has 0 radical (unpaired) electrons. The van der Waals surface area contributed by atoms with Gasteiger partial charge in [0, 0.05) is 25.2 Å². The Labute approximate surface area is 143 Å². The normalized spacial score (nSPS) is 24.4. The Morgan fingerprint density at radius 2 is 1.92 bits per heavy atom. The summed E-state index contributed by atoms with van der Waals surface area (Å²) in [6.45, 7) is 5.02. The molecule has 0 unspecified atom stereocenters. The molecule has 3 rings (SSSR count). The van der Waals surface area contributed by atoms with Crippen molar-refractivity contribution >= 4 is 5.91 Å². The maximum absolute atomic E-state index is 13.2. The van der Waals surface area contributed by atoms with Crippen LogP contribution in [0.2, 0.25) is 0 Å². The van der Waals surface area contributed by atoms with Crippen LogP contribution in [0.25, 0.3) is 0 Å². The van der Waals surface area contributed by atoms with E-state index in [2.05, 4.69) is 11.9 Å². The number of benzene rings is 1. The van der Waals surface area contributed by atoms with Gasteiger partial charge in [0.15, 0.2) is 11.5 Å². The molecule has 2 fully saturated rings. The summed E-state index contributed by atoms with van der Waals surface area (Å²) in [4.78, 5) is 17.4.